The van der Waals surface area contributed by atoms with Crippen LogP contribution in [-0.2, 0) is 22.6 Å². The fourth-order valence-corrected chi connectivity index (χ4v) is 1.79. The highest BCUT2D eigenvalue weighted by molar-refractivity contribution is 7.89. The average Bonchev–Trinajstić information content (AvgIpc) is 2.15. The average molecular weight is 264 g/mol. The number of primary sulfonamides is 1. The van der Waals surface area contributed by atoms with Gasteiger partial charge in [0, 0.05) is 0 Å². The molecular formula is C9H7F3N2O2S. The van der Waals surface area contributed by atoms with Crippen molar-refractivity contribution in [3.8, 4) is 6.07 Å². The number of halogens is 3. The van der Waals surface area contributed by atoms with E-state index in [-0.39, 0.29) is 12.0 Å². The van der Waals surface area contributed by atoms with Crippen LogP contribution in [0.25, 0.3) is 0 Å². The summed E-state index contributed by atoms with van der Waals surface area (Å²) in [5.74, 6) is 0. The van der Waals surface area contributed by atoms with Gasteiger partial charge in [0.1, 0.15) is 0 Å². The summed E-state index contributed by atoms with van der Waals surface area (Å²) in [6, 6.07) is 3.75. The van der Waals surface area contributed by atoms with Crippen molar-refractivity contribution in [2.24, 2.45) is 5.14 Å². The normalized spacial score (nSPS) is 12.2. The lowest BCUT2D eigenvalue weighted by Crippen LogP contribution is -2.15. The van der Waals surface area contributed by atoms with Gasteiger partial charge in [-0.25, -0.2) is 13.6 Å². The van der Waals surface area contributed by atoms with E-state index < -0.39 is 26.7 Å². The molecule has 0 saturated carbocycles. The van der Waals surface area contributed by atoms with Crippen molar-refractivity contribution in [3.05, 3.63) is 29.3 Å². The first-order valence-electron chi connectivity index (χ1n) is 4.25. The minimum Gasteiger partial charge on any atom is -0.225 e. The van der Waals surface area contributed by atoms with Gasteiger partial charge in [0.15, 0.2) is 0 Å². The van der Waals surface area contributed by atoms with Crippen LogP contribution in [-0.4, -0.2) is 8.42 Å². The van der Waals surface area contributed by atoms with E-state index in [1.54, 1.807) is 6.07 Å². The van der Waals surface area contributed by atoms with E-state index >= 15 is 0 Å². The Kier molecular flexibility index (Phi) is 3.45. The molecular weight excluding hydrogens is 257 g/mol. The number of hydrogen-bond acceptors (Lipinski definition) is 3. The molecule has 2 N–H and O–H groups in total. The third kappa shape index (κ3) is 3.44. The molecule has 0 fully saturated rings. The Morgan fingerprint density at radius 1 is 1.29 bits per heavy atom. The van der Waals surface area contributed by atoms with Crippen LogP contribution in [0, 0.1) is 11.3 Å². The van der Waals surface area contributed by atoms with Crippen LogP contribution in [0.3, 0.4) is 0 Å². The van der Waals surface area contributed by atoms with E-state index in [4.69, 9.17) is 10.4 Å². The molecule has 1 aromatic carbocycles. The van der Waals surface area contributed by atoms with Crippen molar-refractivity contribution < 1.29 is 21.6 Å². The van der Waals surface area contributed by atoms with Gasteiger partial charge in [-0.3, -0.25) is 0 Å². The second-order valence-electron chi connectivity index (χ2n) is 3.24. The summed E-state index contributed by atoms with van der Waals surface area (Å²) in [6.07, 6.45) is -5.02. The van der Waals surface area contributed by atoms with Gasteiger partial charge in [-0.15, -0.1) is 0 Å². The maximum absolute atomic E-state index is 12.5. The van der Waals surface area contributed by atoms with Gasteiger partial charge < -0.3 is 0 Å². The number of benzene rings is 1. The molecule has 0 heterocycles. The minimum atomic E-state index is -4.69. The molecule has 0 saturated heterocycles. The summed E-state index contributed by atoms with van der Waals surface area (Å²) in [6.45, 7) is 0. The minimum absolute atomic E-state index is 0.0497. The molecule has 0 amide bonds. The molecule has 8 heteroatoms. The third-order valence-corrected chi connectivity index (χ3v) is 2.80. The first kappa shape index (κ1) is 13.5. The quantitative estimate of drug-likeness (QED) is 0.876. The van der Waals surface area contributed by atoms with E-state index in [1.165, 1.54) is 0 Å². The number of rotatable bonds is 2. The molecule has 0 aromatic heterocycles. The summed E-state index contributed by atoms with van der Waals surface area (Å²) in [7, 11) is -4.24. The molecule has 0 unspecified atom stereocenters. The molecule has 0 spiro atoms. The van der Waals surface area contributed by atoms with Crippen molar-refractivity contribution >= 4 is 10.0 Å². The zero-order valence-electron chi connectivity index (χ0n) is 8.32. The van der Waals surface area contributed by atoms with Crippen molar-refractivity contribution in [1.29, 1.82) is 5.26 Å². The number of nitrogens with zero attached hydrogens (tertiary/aromatic N) is 1. The lowest BCUT2D eigenvalue weighted by atomic mass is 10.1. The Morgan fingerprint density at radius 2 is 1.88 bits per heavy atom. The van der Waals surface area contributed by atoms with Crippen molar-refractivity contribution in [3.63, 3.8) is 0 Å². The van der Waals surface area contributed by atoms with Gasteiger partial charge in [0.25, 0.3) is 0 Å². The number of alkyl halides is 3. The topological polar surface area (TPSA) is 83.9 Å². The Hall–Kier alpha value is -1.59. The summed E-state index contributed by atoms with van der Waals surface area (Å²) < 4.78 is 59.4. The lowest BCUT2D eigenvalue weighted by molar-refractivity contribution is -0.137. The Morgan fingerprint density at radius 3 is 2.29 bits per heavy atom. The maximum atomic E-state index is 12.5. The first-order valence-corrected chi connectivity index (χ1v) is 5.80. The van der Waals surface area contributed by atoms with E-state index in [0.717, 1.165) is 12.1 Å². The number of sulfonamides is 1. The fraction of sp³-hybridized carbons (Fsp3) is 0.222. The maximum Gasteiger partial charge on any atom is 0.416 e. The highest BCUT2D eigenvalue weighted by Crippen LogP contribution is 2.31. The Bertz CT molecular complexity index is 573. The van der Waals surface area contributed by atoms with Gasteiger partial charge >= 0.3 is 6.18 Å². The smallest absolute Gasteiger partial charge is 0.225 e. The van der Waals surface area contributed by atoms with E-state index in [9.17, 15) is 21.6 Å². The predicted molar refractivity (Wildman–Crippen MR) is 52.1 cm³/mol. The summed E-state index contributed by atoms with van der Waals surface area (Å²) in [4.78, 5) is -0.655. The monoisotopic (exact) mass is 264 g/mol. The van der Waals surface area contributed by atoms with Crippen molar-refractivity contribution in [2.45, 2.75) is 17.5 Å². The van der Waals surface area contributed by atoms with Crippen LogP contribution in [0.1, 0.15) is 11.1 Å². The Labute approximate surface area is 95.5 Å². The standard InChI is InChI=1S/C9H7F3N2O2S/c10-9(11,12)7-3-6(1-2-13)4-8(5-7)17(14,15)16/h3-5H,1H2,(H2,14,15,16). The van der Waals surface area contributed by atoms with Crippen molar-refractivity contribution in [1.82, 2.24) is 0 Å². The highest BCUT2D eigenvalue weighted by atomic mass is 32.2. The third-order valence-electron chi connectivity index (χ3n) is 1.91. The first-order chi connectivity index (χ1) is 7.64. The van der Waals surface area contributed by atoms with E-state index in [0.29, 0.717) is 6.07 Å². The summed E-state index contributed by atoms with van der Waals surface area (Å²) in [5.41, 5.74) is -1.19. The van der Waals surface area contributed by atoms with Crippen molar-refractivity contribution in [2.75, 3.05) is 0 Å². The van der Waals surface area contributed by atoms with E-state index in [1.807, 2.05) is 0 Å². The SMILES string of the molecule is N#CCc1cc(C(F)(F)F)cc(S(N)(=O)=O)c1. The molecule has 17 heavy (non-hydrogen) atoms. The second kappa shape index (κ2) is 4.35. The van der Waals surface area contributed by atoms with Crippen LogP contribution in [0.15, 0.2) is 23.1 Å². The van der Waals surface area contributed by atoms with Crippen LogP contribution < -0.4 is 5.14 Å². The van der Waals surface area contributed by atoms with Crippen LogP contribution >= 0.6 is 0 Å². The molecule has 4 nitrogen and oxygen atoms in total. The molecule has 0 aliphatic carbocycles. The highest BCUT2D eigenvalue weighted by Gasteiger charge is 2.32. The van der Waals surface area contributed by atoms with Gasteiger partial charge in [-0.1, -0.05) is 0 Å². The summed E-state index contributed by atoms with van der Waals surface area (Å²) >= 11 is 0. The van der Waals surface area contributed by atoms with Crippen LogP contribution in [0.4, 0.5) is 13.2 Å². The zero-order chi connectivity index (χ0) is 13.3. The summed E-state index contributed by atoms with van der Waals surface area (Å²) in [5, 5.41) is 13.2. The lowest BCUT2D eigenvalue weighted by Gasteiger charge is -2.09. The Balaban J connectivity index is 3.46. The van der Waals surface area contributed by atoms with Crippen LogP contribution in [0.2, 0.25) is 0 Å². The number of nitrogens with two attached hydrogens (primary N) is 1. The molecule has 0 aliphatic heterocycles. The second-order valence-corrected chi connectivity index (χ2v) is 4.80. The largest absolute Gasteiger partial charge is 0.416 e. The molecule has 1 aromatic rings. The molecule has 1 rings (SSSR count). The van der Waals surface area contributed by atoms with Gasteiger partial charge in [-0.2, -0.15) is 18.4 Å². The molecule has 0 atom stereocenters. The predicted octanol–water partition coefficient (Wildman–Crippen LogP) is 1.42. The molecule has 92 valence electrons. The molecule has 0 radical (unpaired) electrons. The fourth-order valence-electron chi connectivity index (χ4n) is 1.18. The van der Waals surface area contributed by atoms with Crippen LogP contribution in [0.5, 0.6) is 0 Å². The van der Waals surface area contributed by atoms with E-state index in [2.05, 4.69) is 0 Å². The van der Waals surface area contributed by atoms with Gasteiger partial charge in [-0.05, 0) is 23.8 Å². The van der Waals surface area contributed by atoms with Gasteiger partial charge in [0.2, 0.25) is 10.0 Å². The number of hydrogen-bond donors (Lipinski definition) is 1. The van der Waals surface area contributed by atoms with Gasteiger partial charge in [0.05, 0.1) is 22.9 Å². The molecule has 0 aliphatic rings. The number of nitriles is 1. The zero-order valence-corrected chi connectivity index (χ0v) is 9.14. The molecule has 0 bridgehead atoms.